The number of rotatable bonds is 2. The van der Waals surface area contributed by atoms with Gasteiger partial charge in [0.1, 0.15) is 5.75 Å². The molecule has 2 heteroatoms. The minimum atomic E-state index is 0.592. The molecule has 1 unspecified atom stereocenters. The van der Waals surface area contributed by atoms with E-state index in [0.717, 1.165) is 25.2 Å². The second-order valence-corrected chi connectivity index (χ2v) is 4.80. The molecule has 17 heavy (non-hydrogen) atoms. The van der Waals surface area contributed by atoms with E-state index < -0.39 is 0 Å². The number of aryl methyl sites for hydroxylation is 1. The Kier molecular flexibility index (Phi) is 2.63. The highest BCUT2D eigenvalue weighted by atomic mass is 16.5. The maximum absolute atomic E-state index is 5.72. The number of fused-ring (bicyclic) bond motifs is 1. The molecular formula is C15H17NO. The van der Waals surface area contributed by atoms with Gasteiger partial charge in [0.2, 0.25) is 0 Å². The van der Waals surface area contributed by atoms with E-state index >= 15 is 0 Å². The average Bonchev–Trinajstić information content (AvgIpc) is 2.83. The lowest BCUT2D eigenvalue weighted by atomic mass is 9.87. The van der Waals surface area contributed by atoms with Gasteiger partial charge in [-0.2, -0.15) is 0 Å². The molecule has 1 aliphatic rings. The fraction of sp³-hybridized carbons (Fsp3) is 0.333. The largest absolute Gasteiger partial charge is 0.493 e. The summed E-state index contributed by atoms with van der Waals surface area (Å²) in [5.74, 6) is 1.66. The number of nitrogens with one attached hydrogen (secondary N) is 1. The monoisotopic (exact) mass is 227 g/mol. The predicted molar refractivity (Wildman–Crippen MR) is 68.5 cm³/mol. The van der Waals surface area contributed by atoms with Gasteiger partial charge < -0.3 is 9.72 Å². The van der Waals surface area contributed by atoms with Gasteiger partial charge in [-0.15, -0.1) is 0 Å². The Morgan fingerprint density at radius 2 is 2.29 bits per heavy atom. The highest BCUT2D eigenvalue weighted by molar-refractivity contribution is 5.41. The summed E-state index contributed by atoms with van der Waals surface area (Å²) in [4.78, 5) is 3.12. The van der Waals surface area contributed by atoms with Crippen molar-refractivity contribution in [3.63, 3.8) is 0 Å². The lowest BCUT2D eigenvalue weighted by molar-refractivity contribution is 0.266. The molecule has 0 fully saturated rings. The Hall–Kier alpha value is -1.70. The van der Waals surface area contributed by atoms with E-state index in [0.29, 0.717) is 5.92 Å². The molecule has 3 rings (SSSR count). The van der Waals surface area contributed by atoms with Gasteiger partial charge in [-0.25, -0.2) is 0 Å². The Labute approximate surface area is 102 Å². The van der Waals surface area contributed by atoms with Crippen molar-refractivity contribution in [1.29, 1.82) is 0 Å². The van der Waals surface area contributed by atoms with Gasteiger partial charge in [-0.3, -0.25) is 0 Å². The summed E-state index contributed by atoms with van der Waals surface area (Å²) in [6.45, 7) is 2.98. The predicted octanol–water partition coefficient (Wildman–Crippen LogP) is 3.43. The number of aromatic amines is 1. The third kappa shape index (κ3) is 2.07. The molecule has 1 aromatic carbocycles. The van der Waals surface area contributed by atoms with Crippen LogP contribution in [0.1, 0.15) is 29.0 Å². The van der Waals surface area contributed by atoms with Crippen LogP contribution in [0.15, 0.2) is 36.7 Å². The highest BCUT2D eigenvalue weighted by Crippen LogP contribution is 2.36. The minimum Gasteiger partial charge on any atom is -0.493 e. The van der Waals surface area contributed by atoms with Crippen LogP contribution in [-0.2, 0) is 6.42 Å². The maximum atomic E-state index is 5.72. The number of aromatic nitrogens is 1. The Morgan fingerprint density at radius 3 is 3.12 bits per heavy atom. The molecule has 0 aliphatic carbocycles. The normalized spacial score (nSPS) is 18.5. The summed E-state index contributed by atoms with van der Waals surface area (Å²) in [6, 6.07) is 8.65. The van der Waals surface area contributed by atoms with Crippen molar-refractivity contribution in [3.8, 4) is 5.75 Å². The Morgan fingerprint density at radius 1 is 1.35 bits per heavy atom. The molecule has 0 spiro atoms. The van der Waals surface area contributed by atoms with Crippen molar-refractivity contribution >= 4 is 0 Å². The summed E-state index contributed by atoms with van der Waals surface area (Å²) in [6.07, 6.45) is 6.29. The van der Waals surface area contributed by atoms with Gasteiger partial charge in [0, 0.05) is 12.4 Å². The first-order valence-electron chi connectivity index (χ1n) is 6.18. The third-order valence-electron chi connectivity index (χ3n) is 3.47. The molecule has 2 aromatic rings. The smallest absolute Gasteiger partial charge is 0.122 e. The van der Waals surface area contributed by atoms with Crippen molar-refractivity contribution in [3.05, 3.63) is 53.3 Å². The SMILES string of the molecule is Cc1ccc2c(c1)C(Cc1cc[nH]c1)CCO2. The van der Waals surface area contributed by atoms with Gasteiger partial charge in [-0.05, 0) is 48.9 Å². The zero-order chi connectivity index (χ0) is 11.7. The summed E-state index contributed by atoms with van der Waals surface area (Å²) in [5.41, 5.74) is 4.06. The van der Waals surface area contributed by atoms with E-state index in [2.05, 4.69) is 42.4 Å². The van der Waals surface area contributed by atoms with Crippen molar-refractivity contribution < 1.29 is 4.74 Å². The molecule has 0 saturated carbocycles. The van der Waals surface area contributed by atoms with Gasteiger partial charge in [-0.1, -0.05) is 17.7 Å². The molecule has 88 valence electrons. The zero-order valence-electron chi connectivity index (χ0n) is 10.1. The lowest BCUT2D eigenvalue weighted by Crippen LogP contribution is -2.16. The van der Waals surface area contributed by atoms with E-state index in [1.165, 1.54) is 16.7 Å². The summed E-state index contributed by atoms with van der Waals surface area (Å²) in [5, 5.41) is 0. The number of ether oxygens (including phenoxy) is 1. The van der Waals surface area contributed by atoms with Crippen LogP contribution in [0, 0.1) is 6.92 Å². The summed E-state index contributed by atoms with van der Waals surface area (Å²) in [7, 11) is 0. The van der Waals surface area contributed by atoms with E-state index in [1.807, 2.05) is 6.20 Å². The summed E-state index contributed by atoms with van der Waals surface area (Å²) >= 11 is 0. The average molecular weight is 227 g/mol. The van der Waals surface area contributed by atoms with Crippen LogP contribution in [0.4, 0.5) is 0 Å². The van der Waals surface area contributed by atoms with Gasteiger partial charge in [0.05, 0.1) is 6.61 Å². The fourth-order valence-electron chi connectivity index (χ4n) is 2.57. The van der Waals surface area contributed by atoms with Crippen LogP contribution in [0.25, 0.3) is 0 Å². The molecule has 2 nitrogen and oxygen atoms in total. The number of H-pyrrole nitrogens is 1. The molecule has 0 saturated heterocycles. The Balaban J connectivity index is 1.90. The van der Waals surface area contributed by atoms with Crippen LogP contribution in [0.2, 0.25) is 0 Å². The molecule has 0 amide bonds. The number of benzene rings is 1. The quantitative estimate of drug-likeness (QED) is 0.835. The standard InChI is InChI=1S/C15H17NO/c1-11-2-3-15-14(8-11)13(5-7-17-15)9-12-4-6-16-10-12/h2-4,6,8,10,13,16H,5,7,9H2,1H3. The van der Waals surface area contributed by atoms with Crippen LogP contribution in [-0.4, -0.2) is 11.6 Å². The molecular weight excluding hydrogens is 210 g/mol. The minimum absolute atomic E-state index is 0.592. The van der Waals surface area contributed by atoms with Crippen molar-refractivity contribution in [2.24, 2.45) is 0 Å². The molecule has 1 aliphatic heterocycles. The van der Waals surface area contributed by atoms with Gasteiger partial charge in [0.25, 0.3) is 0 Å². The first-order valence-corrected chi connectivity index (χ1v) is 6.18. The fourth-order valence-corrected chi connectivity index (χ4v) is 2.57. The van der Waals surface area contributed by atoms with E-state index in [4.69, 9.17) is 4.74 Å². The van der Waals surface area contributed by atoms with Crippen LogP contribution in [0.5, 0.6) is 5.75 Å². The maximum Gasteiger partial charge on any atom is 0.122 e. The zero-order valence-corrected chi connectivity index (χ0v) is 10.1. The first kappa shape index (κ1) is 10.5. The molecule has 0 radical (unpaired) electrons. The number of hydrogen-bond acceptors (Lipinski definition) is 1. The molecule has 0 bridgehead atoms. The highest BCUT2D eigenvalue weighted by Gasteiger charge is 2.21. The lowest BCUT2D eigenvalue weighted by Gasteiger charge is -2.26. The second-order valence-electron chi connectivity index (χ2n) is 4.80. The van der Waals surface area contributed by atoms with Gasteiger partial charge >= 0.3 is 0 Å². The van der Waals surface area contributed by atoms with Crippen LogP contribution in [0.3, 0.4) is 0 Å². The molecule has 2 heterocycles. The van der Waals surface area contributed by atoms with Crippen LogP contribution >= 0.6 is 0 Å². The van der Waals surface area contributed by atoms with Crippen molar-refractivity contribution in [2.75, 3.05) is 6.61 Å². The van der Waals surface area contributed by atoms with Crippen molar-refractivity contribution in [2.45, 2.75) is 25.7 Å². The second kappa shape index (κ2) is 4.28. The van der Waals surface area contributed by atoms with Gasteiger partial charge in [0.15, 0.2) is 0 Å². The molecule has 1 aromatic heterocycles. The molecule has 1 atom stereocenters. The number of hydrogen-bond donors (Lipinski definition) is 1. The molecule has 1 N–H and O–H groups in total. The topological polar surface area (TPSA) is 25.0 Å². The summed E-state index contributed by atoms with van der Waals surface area (Å²) < 4.78 is 5.72. The van der Waals surface area contributed by atoms with E-state index in [-0.39, 0.29) is 0 Å². The van der Waals surface area contributed by atoms with E-state index in [1.54, 1.807) is 0 Å². The first-order chi connectivity index (χ1) is 8.33. The van der Waals surface area contributed by atoms with Crippen molar-refractivity contribution in [1.82, 2.24) is 4.98 Å². The van der Waals surface area contributed by atoms with E-state index in [9.17, 15) is 0 Å². The third-order valence-corrected chi connectivity index (χ3v) is 3.47. The Bertz CT molecular complexity index is 502. The van der Waals surface area contributed by atoms with Crippen LogP contribution < -0.4 is 4.74 Å².